The topological polar surface area (TPSA) is 74.8 Å². The van der Waals surface area contributed by atoms with Crippen molar-refractivity contribution in [2.24, 2.45) is 0 Å². The van der Waals surface area contributed by atoms with Crippen LogP contribution in [-0.4, -0.2) is 72.0 Å². The van der Waals surface area contributed by atoms with Crippen molar-refractivity contribution in [2.75, 3.05) is 33.3 Å². The van der Waals surface area contributed by atoms with E-state index in [4.69, 9.17) is 16.3 Å². The number of carbonyl (C=O) groups excluding carboxylic acids is 2. The summed E-state index contributed by atoms with van der Waals surface area (Å²) in [6.45, 7) is 3.89. The van der Waals surface area contributed by atoms with E-state index < -0.39 is 0 Å². The lowest BCUT2D eigenvalue weighted by Gasteiger charge is -2.44. The fraction of sp³-hybridized carbons (Fsp3) is 0.364. The monoisotopic (exact) mass is 572 g/mol. The van der Waals surface area contributed by atoms with Gasteiger partial charge >= 0.3 is 0 Å². The molecule has 2 aliphatic heterocycles. The molecule has 3 aromatic rings. The van der Waals surface area contributed by atoms with Gasteiger partial charge in [-0.3, -0.25) is 14.6 Å². The number of nitrogens with one attached hydrogen (secondary N) is 1. The summed E-state index contributed by atoms with van der Waals surface area (Å²) in [6.07, 6.45) is 4.90. The third-order valence-corrected chi connectivity index (χ3v) is 8.18. The van der Waals surface area contributed by atoms with Crippen LogP contribution in [0.4, 0.5) is 0 Å². The summed E-state index contributed by atoms with van der Waals surface area (Å²) in [4.78, 5) is 34.2. The van der Waals surface area contributed by atoms with Gasteiger partial charge in [-0.1, -0.05) is 54.1 Å². The van der Waals surface area contributed by atoms with Crippen LogP contribution in [0, 0.1) is 0 Å². The molecule has 214 valence electrons. The van der Waals surface area contributed by atoms with Crippen molar-refractivity contribution in [2.45, 2.75) is 44.7 Å². The molecular formula is C33H37ClN4O3. The van der Waals surface area contributed by atoms with Crippen LogP contribution >= 0.6 is 11.6 Å². The molecule has 1 saturated heterocycles. The van der Waals surface area contributed by atoms with Gasteiger partial charge in [-0.2, -0.15) is 0 Å². The fourth-order valence-electron chi connectivity index (χ4n) is 5.65. The van der Waals surface area contributed by atoms with Crippen LogP contribution in [0.15, 0.2) is 78.5 Å². The molecule has 2 aromatic carbocycles. The third kappa shape index (κ3) is 7.16. The number of rotatable bonds is 10. The Morgan fingerprint density at radius 3 is 2.56 bits per heavy atom. The summed E-state index contributed by atoms with van der Waals surface area (Å²) >= 11 is 6.19. The first-order valence-electron chi connectivity index (χ1n) is 14.3. The van der Waals surface area contributed by atoms with Crippen molar-refractivity contribution in [3.05, 3.63) is 100 Å². The molecule has 0 saturated carbocycles. The molecule has 0 radical (unpaired) electrons. The largest absolute Gasteiger partial charge is 0.492 e. The molecule has 1 fully saturated rings. The van der Waals surface area contributed by atoms with Gasteiger partial charge in [-0.15, -0.1) is 0 Å². The molecule has 8 heteroatoms. The van der Waals surface area contributed by atoms with E-state index in [1.807, 2.05) is 54.4 Å². The predicted octanol–water partition coefficient (Wildman–Crippen LogP) is 4.79. The van der Waals surface area contributed by atoms with Crippen molar-refractivity contribution in [1.29, 1.82) is 0 Å². The van der Waals surface area contributed by atoms with Gasteiger partial charge in [-0.25, -0.2) is 0 Å². The van der Waals surface area contributed by atoms with E-state index in [1.54, 1.807) is 18.0 Å². The Hall–Kier alpha value is -3.68. The zero-order valence-corrected chi connectivity index (χ0v) is 24.4. The van der Waals surface area contributed by atoms with Crippen molar-refractivity contribution in [1.82, 2.24) is 20.1 Å². The second-order valence-corrected chi connectivity index (χ2v) is 11.2. The van der Waals surface area contributed by atoms with Gasteiger partial charge in [0.1, 0.15) is 5.75 Å². The maximum absolute atomic E-state index is 13.9. The van der Waals surface area contributed by atoms with Crippen LogP contribution in [0.5, 0.6) is 5.75 Å². The fourth-order valence-corrected chi connectivity index (χ4v) is 5.84. The minimum Gasteiger partial charge on any atom is -0.492 e. The molecule has 1 N–H and O–H groups in total. The molecule has 0 aliphatic carbocycles. The van der Waals surface area contributed by atoms with E-state index in [0.29, 0.717) is 49.9 Å². The minimum atomic E-state index is -0.201. The quantitative estimate of drug-likeness (QED) is 0.354. The minimum absolute atomic E-state index is 0.00178. The second-order valence-electron chi connectivity index (χ2n) is 10.8. The number of fused-ring (bicyclic) bond motifs is 2. The van der Waals surface area contributed by atoms with Crippen molar-refractivity contribution in [3.8, 4) is 5.75 Å². The second kappa shape index (κ2) is 13.3. The Kier molecular flexibility index (Phi) is 9.37. The number of nitrogens with zero attached hydrogens (tertiary/aromatic N) is 3. The first kappa shape index (κ1) is 28.8. The van der Waals surface area contributed by atoms with E-state index in [1.165, 1.54) is 5.56 Å². The number of halogens is 1. The molecule has 3 heterocycles. The van der Waals surface area contributed by atoms with Crippen molar-refractivity contribution in [3.63, 3.8) is 0 Å². The van der Waals surface area contributed by atoms with Gasteiger partial charge in [0.2, 0.25) is 5.91 Å². The predicted molar refractivity (Wildman–Crippen MR) is 162 cm³/mol. The van der Waals surface area contributed by atoms with Crippen LogP contribution < -0.4 is 10.1 Å². The zero-order chi connectivity index (χ0) is 28.8. The van der Waals surface area contributed by atoms with Gasteiger partial charge in [0.05, 0.1) is 17.7 Å². The van der Waals surface area contributed by atoms with Crippen LogP contribution in [0.25, 0.3) is 5.57 Å². The zero-order valence-electron chi connectivity index (χ0n) is 23.7. The number of hydrogen-bond acceptors (Lipinski definition) is 5. The Morgan fingerprint density at radius 2 is 1.83 bits per heavy atom. The number of aromatic nitrogens is 1. The van der Waals surface area contributed by atoms with Gasteiger partial charge in [-0.05, 0) is 60.2 Å². The van der Waals surface area contributed by atoms with Crippen LogP contribution in [0.2, 0.25) is 5.02 Å². The smallest absolute Gasteiger partial charge is 0.251 e. The average Bonchev–Trinajstić information content (AvgIpc) is 2.99. The highest BCUT2D eigenvalue weighted by Gasteiger charge is 2.39. The Balaban J connectivity index is 1.31. The summed E-state index contributed by atoms with van der Waals surface area (Å²) in [5.74, 6) is 0.750. The van der Waals surface area contributed by atoms with Gasteiger partial charge in [0.15, 0.2) is 0 Å². The van der Waals surface area contributed by atoms with Gasteiger partial charge < -0.3 is 19.9 Å². The molecule has 2 bridgehead atoms. The molecule has 41 heavy (non-hydrogen) atoms. The van der Waals surface area contributed by atoms with Crippen LogP contribution in [-0.2, 0) is 22.4 Å². The highest BCUT2D eigenvalue weighted by molar-refractivity contribution is 6.32. The summed E-state index contributed by atoms with van der Waals surface area (Å²) in [7, 11) is 1.85. The highest BCUT2D eigenvalue weighted by Crippen LogP contribution is 2.34. The molecule has 5 rings (SSSR count). The molecule has 2 atom stereocenters. The molecule has 0 spiro atoms. The van der Waals surface area contributed by atoms with E-state index >= 15 is 0 Å². The number of carbonyl (C=O) groups is 2. The van der Waals surface area contributed by atoms with Crippen molar-refractivity contribution < 1.29 is 14.3 Å². The SMILES string of the molecule is CC(=O)N1C[C@H]2CC(c3ccc(CCCOc4ccccc4Cl)cc3)=C(C(=O)N(C)CCc3ccccn3)[C@@H](C1)N2. The number of aryl methyl sites for hydroxylation is 1. The lowest BCUT2D eigenvalue weighted by Crippen LogP contribution is -2.61. The van der Waals surface area contributed by atoms with Gasteiger partial charge in [0, 0.05) is 63.5 Å². The number of para-hydroxylation sites is 1. The van der Waals surface area contributed by atoms with E-state index in [0.717, 1.165) is 35.2 Å². The summed E-state index contributed by atoms with van der Waals surface area (Å²) < 4.78 is 5.84. The normalized spacial score (nSPS) is 18.3. The Bertz CT molecular complexity index is 1390. The summed E-state index contributed by atoms with van der Waals surface area (Å²) in [5.41, 5.74) is 5.07. The number of pyridine rings is 1. The van der Waals surface area contributed by atoms with Crippen molar-refractivity contribution >= 4 is 29.0 Å². The lowest BCUT2D eigenvalue weighted by atomic mass is 9.82. The summed E-state index contributed by atoms with van der Waals surface area (Å²) in [5, 5.41) is 4.25. The van der Waals surface area contributed by atoms with Crippen LogP contribution in [0.3, 0.4) is 0 Å². The number of piperazine rings is 1. The molecule has 7 nitrogen and oxygen atoms in total. The van der Waals surface area contributed by atoms with Crippen LogP contribution in [0.1, 0.15) is 36.6 Å². The number of hydrogen-bond donors (Lipinski definition) is 1. The molecule has 2 amide bonds. The molecule has 2 aliphatic rings. The Labute approximate surface area is 247 Å². The number of amides is 2. The molecule has 0 unspecified atom stereocenters. The molecule has 1 aromatic heterocycles. The Morgan fingerprint density at radius 1 is 1.05 bits per heavy atom. The van der Waals surface area contributed by atoms with Gasteiger partial charge in [0.25, 0.3) is 5.91 Å². The first-order valence-corrected chi connectivity index (χ1v) is 14.6. The van der Waals surface area contributed by atoms with E-state index in [2.05, 4.69) is 34.6 Å². The van der Waals surface area contributed by atoms with E-state index in [-0.39, 0.29) is 23.9 Å². The summed E-state index contributed by atoms with van der Waals surface area (Å²) in [6, 6.07) is 21.8. The maximum Gasteiger partial charge on any atom is 0.251 e. The third-order valence-electron chi connectivity index (χ3n) is 7.86. The maximum atomic E-state index is 13.9. The lowest BCUT2D eigenvalue weighted by molar-refractivity contribution is -0.132. The number of likely N-dealkylation sites (N-methyl/N-ethyl adjacent to an activating group) is 1. The first-order chi connectivity index (χ1) is 19.9. The number of benzene rings is 2. The van der Waals surface area contributed by atoms with E-state index in [9.17, 15) is 9.59 Å². The molecular weight excluding hydrogens is 536 g/mol. The standard InChI is InChI=1S/C33H37ClN4O3/c1-23(39)38-21-27-20-28(25-14-12-24(13-15-25)8-7-19-41-31-11-4-3-10-29(31)34)32(30(22-38)36-27)33(40)37(2)18-16-26-9-5-6-17-35-26/h3-6,9-15,17,27,30,36H,7-8,16,18-22H2,1-2H3/t27-,30-/m1/s1. The average molecular weight is 573 g/mol. The highest BCUT2D eigenvalue weighted by atomic mass is 35.5. The number of ether oxygens (including phenoxy) is 1.